The summed E-state index contributed by atoms with van der Waals surface area (Å²) in [5.41, 5.74) is 7.69. The van der Waals surface area contributed by atoms with Gasteiger partial charge in [-0.05, 0) is 5.56 Å². The number of anilines is 6. The van der Waals surface area contributed by atoms with Crippen molar-refractivity contribution < 1.29 is 33.2 Å². The first-order chi connectivity index (χ1) is 23.8. The molecular weight excluding hydrogens is 636 g/mol. The van der Waals surface area contributed by atoms with E-state index in [0.29, 0.717) is 51.8 Å². The molecule has 2 heterocycles. The Hall–Kier alpha value is -6.65. The number of amides is 1. The fourth-order valence-corrected chi connectivity index (χ4v) is 4.30. The zero-order valence-corrected chi connectivity index (χ0v) is 27.7. The molecule has 0 unspecified atom stereocenters. The van der Waals surface area contributed by atoms with Crippen LogP contribution in [-0.2, 0) is 11.2 Å². The van der Waals surface area contributed by atoms with Crippen molar-refractivity contribution in [3.63, 3.8) is 0 Å². The highest BCUT2D eigenvalue weighted by Crippen LogP contribution is 2.41. The maximum atomic E-state index is 12.2. The molecule has 2 aromatic heterocycles. The summed E-state index contributed by atoms with van der Waals surface area (Å²) in [4.78, 5) is 36.1. The van der Waals surface area contributed by atoms with Crippen LogP contribution in [0, 0.1) is 0 Å². The molecule has 5 N–H and O–H groups in total. The first kappa shape index (κ1) is 35.2. The van der Waals surface area contributed by atoms with Crippen LogP contribution in [-0.4, -0.2) is 78.5 Å². The van der Waals surface area contributed by atoms with Crippen LogP contribution in [0.25, 0.3) is 0 Å². The van der Waals surface area contributed by atoms with Gasteiger partial charge in [0.05, 0.1) is 49.1 Å². The van der Waals surface area contributed by atoms with E-state index in [4.69, 9.17) is 34.2 Å². The number of nitrogens with zero attached hydrogens (tertiary/aromatic N) is 6. The minimum absolute atomic E-state index is 0.134. The van der Waals surface area contributed by atoms with Gasteiger partial charge in [-0.15, -0.1) is 0 Å². The molecule has 0 bridgehead atoms. The van der Waals surface area contributed by atoms with Gasteiger partial charge in [0.25, 0.3) is 0 Å². The van der Waals surface area contributed by atoms with E-state index in [1.807, 2.05) is 30.3 Å². The van der Waals surface area contributed by atoms with Crippen molar-refractivity contribution in [3.8, 4) is 34.5 Å². The summed E-state index contributed by atoms with van der Waals surface area (Å²) in [7, 11) is 9.22. The molecule has 0 aliphatic heterocycles. The maximum Gasteiger partial charge on any atom is 0.234 e. The predicted molar refractivity (Wildman–Crippen MR) is 182 cm³/mol. The lowest BCUT2D eigenvalue weighted by Crippen LogP contribution is -2.17. The van der Waals surface area contributed by atoms with Crippen LogP contribution in [0.3, 0.4) is 0 Å². The van der Waals surface area contributed by atoms with Crippen molar-refractivity contribution >= 4 is 41.1 Å². The Morgan fingerprint density at radius 3 is 1.51 bits per heavy atom. The first-order valence-corrected chi connectivity index (χ1v) is 14.4. The van der Waals surface area contributed by atoms with Crippen LogP contribution in [0.4, 0.5) is 35.2 Å². The normalized spacial score (nSPS) is 10.1. The van der Waals surface area contributed by atoms with E-state index >= 15 is 0 Å². The third-order valence-electron chi connectivity index (χ3n) is 6.46. The van der Waals surface area contributed by atoms with E-state index < -0.39 is 0 Å². The van der Waals surface area contributed by atoms with Crippen molar-refractivity contribution in [1.82, 2.24) is 29.9 Å². The van der Waals surface area contributed by atoms with Gasteiger partial charge >= 0.3 is 0 Å². The Labute approximate surface area is 282 Å². The molecule has 1 amide bonds. The molecule has 0 spiro atoms. The molecule has 17 heteroatoms. The zero-order chi connectivity index (χ0) is 35.2. The summed E-state index contributed by atoms with van der Waals surface area (Å²) in [6.07, 6.45) is 2.86. The Kier molecular flexibility index (Phi) is 12.4. The molecule has 0 radical (unpaired) electrons. The summed E-state index contributed by atoms with van der Waals surface area (Å²) in [6, 6.07) is 16.3. The molecule has 0 atom stereocenters. The molecule has 0 fully saturated rings. The monoisotopic (exact) mass is 672 g/mol. The van der Waals surface area contributed by atoms with Gasteiger partial charge in [0.15, 0.2) is 23.0 Å². The van der Waals surface area contributed by atoms with E-state index in [1.165, 1.54) is 34.0 Å². The fraction of sp³-hybridized carbons (Fsp3) is 0.219. The van der Waals surface area contributed by atoms with E-state index in [-0.39, 0.29) is 30.2 Å². The van der Waals surface area contributed by atoms with E-state index in [2.05, 4.69) is 45.9 Å². The number of ether oxygens (including phenoxy) is 6. The number of aromatic nitrogens is 6. The standard InChI is InChI=1S/C20H21N5O4.C12H15N5O3/c1-27-15-10-14(11-16(28-2)18(15)29-3)23-19-21-12-22-20(25-19)24-17(26)9-13-7-5-4-6-8-13;1-18-8-4-7(5-9(19-2)10(8)20-3)16-12-15-6-14-11(13)17-12/h4-8,10-12H,9H2,1-3H3,(H2,21,22,23,24,25,26);4-6H,1-3H3,(H3,13,14,15,16,17). The molecule has 5 aromatic rings. The van der Waals surface area contributed by atoms with Crippen molar-refractivity contribution in [2.75, 3.05) is 64.3 Å². The van der Waals surface area contributed by atoms with Crippen LogP contribution < -0.4 is 50.1 Å². The lowest BCUT2D eigenvalue weighted by Gasteiger charge is -2.14. The molecule has 256 valence electrons. The maximum absolute atomic E-state index is 12.2. The Morgan fingerprint density at radius 2 is 1.06 bits per heavy atom. The van der Waals surface area contributed by atoms with Gasteiger partial charge in [0.2, 0.25) is 41.2 Å². The van der Waals surface area contributed by atoms with Crippen molar-refractivity contribution in [2.45, 2.75) is 6.42 Å². The van der Waals surface area contributed by atoms with Crippen LogP contribution in [0.1, 0.15) is 5.56 Å². The number of carbonyl (C=O) groups excluding carboxylic acids is 1. The van der Waals surface area contributed by atoms with Crippen molar-refractivity contribution in [3.05, 3.63) is 72.8 Å². The van der Waals surface area contributed by atoms with Gasteiger partial charge in [-0.25, -0.2) is 19.9 Å². The SMILES string of the molecule is COc1cc(Nc2ncnc(N)n2)cc(OC)c1OC.COc1cc(Nc2ncnc(NC(=O)Cc3ccccc3)n2)cc(OC)c1OC. The minimum atomic E-state index is -0.221. The van der Waals surface area contributed by atoms with Crippen molar-refractivity contribution in [1.29, 1.82) is 0 Å². The lowest BCUT2D eigenvalue weighted by molar-refractivity contribution is -0.115. The summed E-state index contributed by atoms with van der Waals surface area (Å²) >= 11 is 0. The molecule has 49 heavy (non-hydrogen) atoms. The Morgan fingerprint density at radius 1 is 0.612 bits per heavy atom. The molecule has 17 nitrogen and oxygen atoms in total. The van der Waals surface area contributed by atoms with E-state index in [1.54, 1.807) is 45.6 Å². The summed E-state index contributed by atoms with van der Waals surface area (Å²) in [5, 5.41) is 8.70. The number of methoxy groups -OCH3 is 6. The predicted octanol–water partition coefficient (Wildman–Crippen LogP) is 4.05. The van der Waals surface area contributed by atoms with Gasteiger partial charge in [0.1, 0.15) is 12.7 Å². The first-order valence-electron chi connectivity index (χ1n) is 14.4. The van der Waals surface area contributed by atoms with E-state index in [0.717, 1.165) is 5.56 Å². The van der Waals surface area contributed by atoms with Gasteiger partial charge in [-0.1, -0.05) is 30.3 Å². The van der Waals surface area contributed by atoms with Crippen LogP contribution in [0.2, 0.25) is 0 Å². The minimum Gasteiger partial charge on any atom is -0.493 e. The molecule has 0 saturated heterocycles. The Balaban J connectivity index is 0.000000237. The second kappa shape index (κ2) is 17.3. The average Bonchev–Trinajstić information content (AvgIpc) is 3.11. The highest BCUT2D eigenvalue weighted by molar-refractivity contribution is 5.90. The number of nitrogens with one attached hydrogen (secondary N) is 3. The number of nitrogen functional groups attached to an aromatic ring is 1. The number of carbonyl (C=O) groups is 1. The largest absolute Gasteiger partial charge is 0.493 e. The number of hydrogen-bond donors (Lipinski definition) is 4. The third kappa shape index (κ3) is 9.67. The number of benzene rings is 3. The molecule has 0 aliphatic rings. The second-order valence-electron chi connectivity index (χ2n) is 9.59. The van der Waals surface area contributed by atoms with E-state index in [9.17, 15) is 4.79 Å². The topological polar surface area (TPSA) is 212 Å². The molecule has 0 saturated carbocycles. The molecular formula is C32H36N10O7. The number of nitrogens with two attached hydrogens (primary N) is 1. The quantitative estimate of drug-likeness (QED) is 0.139. The molecule has 3 aromatic carbocycles. The van der Waals surface area contributed by atoms with Crippen LogP contribution in [0.5, 0.6) is 34.5 Å². The average molecular weight is 673 g/mol. The summed E-state index contributed by atoms with van der Waals surface area (Å²) < 4.78 is 31.7. The molecule has 5 rings (SSSR count). The van der Waals surface area contributed by atoms with Crippen molar-refractivity contribution in [2.24, 2.45) is 0 Å². The highest BCUT2D eigenvalue weighted by Gasteiger charge is 2.15. The summed E-state index contributed by atoms with van der Waals surface area (Å²) in [5.74, 6) is 3.65. The fourth-order valence-electron chi connectivity index (χ4n) is 4.30. The summed E-state index contributed by atoms with van der Waals surface area (Å²) in [6.45, 7) is 0. The van der Waals surface area contributed by atoms with Gasteiger partial charge in [-0.3, -0.25) is 10.1 Å². The van der Waals surface area contributed by atoms with Crippen LogP contribution >= 0.6 is 0 Å². The second-order valence-corrected chi connectivity index (χ2v) is 9.59. The zero-order valence-electron chi connectivity index (χ0n) is 27.7. The highest BCUT2D eigenvalue weighted by atomic mass is 16.5. The van der Waals surface area contributed by atoms with Gasteiger partial charge in [-0.2, -0.15) is 9.97 Å². The third-order valence-corrected chi connectivity index (χ3v) is 6.46. The van der Waals surface area contributed by atoms with Gasteiger partial charge in [0, 0.05) is 35.6 Å². The number of rotatable bonds is 13. The van der Waals surface area contributed by atoms with Gasteiger partial charge < -0.3 is 44.8 Å². The molecule has 0 aliphatic carbocycles. The number of hydrogen-bond acceptors (Lipinski definition) is 16. The lowest BCUT2D eigenvalue weighted by atomic mass is 10.1. The van der Waals surface area contributed by atoms with Crippen LogP contribution in [0.15, 0.2) is 67.3 Å². The Bertz CT molecular complexity index is 1800. The smallest absolute Gasteiger partial charge is 0.234 e.